The highest BCUT2D eigenvalue weighted by Gasteiger charge is 2.30. The molecule has 1 aliphatic heterocycles. The third-order valence-corrected chi connectivity index (χ3v) is 5.84. The van der Waals surface area contributed by atoms with Gasteiger partial charge in [0, 0.05) is 11.9 Å². The highest BCUT2D eigenvalue weighted by atomic mass is 19.4. The molecule has 10 heteroatoms. The van der Waals surface area contributed by atoms with Crippen LogP contribution in [0, 0.1) is 5.92 Å². The van der Waals surface area contributed by atoms with Crippen molar-refractivity contribution in [3.8, 4) is 11.1 Å². The first-order valence-electron chi connectivity index (χ1n) is 11.9. The van der Waals surface area contributed by atoms with Crippen LogP contribution in [0.4, 0.5) is 18.9 Å². The van der Waals surface area contributed by atoms with Crippen molar-refractivity contribution in [2.45, 2.75) is 32.5 Å². The van der Waals surface area contributed by atoms with Gasteiger partial charge in [-0.05, 0) is 65.1 Å². The lowest BCUT2D eigenvalue weighted by molar-refractivity contribution is -0.137. The lowest BCUT2D eigenvalue weighted by Crippen LogP contribution is -2.30. The van der Waals surface area contributed by atoms with Gasteiger partial charge in [-0.3, -0.25) is 9.78 Å². The maximum atomic E-state index is 12.8. The second-order valence-corrected chi connectivity index (χ2v) is 9.19. The van der Waals surface area contributed by atoms with Crippen LogP contribution in [0.3, 0.4) is 0 Å². The van der Waals surface area contributed by atoms with Gasteiger partial charge in [-0.2, -0.15) is 18.3 Å². The fourth-order valence-corrected chi connectivity index (χ4v) is 3.90. The van der Waals surface area contributed by atoms with Crippen molar-refractivity contribution in [1.29, 1.82) is 0 Å². The number of amides is 1. The van der Waals surface area contributed by atoms with Gasteiger partial charge in [0.25, 0.3) is 5.91 Å². The summed E-state index contributed by atoms with van der Waals surface area (Å²) in [7, 11) is 0. The predicted molar refractivity (Wildman–Crippen MR) is 136 cm³/mol. The van der Waals surface area contributed by atoms with Crippen molar-refractivity contribution >= 4 is 17.3 Å². The number of pyridine rings is 1. The van der Waals surface area contributed by atoms with Crippen LogP contribution in [-0.2, 0) is 6.18 Å². The van der Waals surface area contributed by atoms with Gasteiger partial charge in [-0.15, -0.1) is 5.10 Å². The summed E-state index contributed by atoms with van der Waals surface area (Å²) in [6, 6.07) is 16.1. The van der Waals surface area contributed by atoms with E-state index < -0.39 is 11.7 Å². The van der Waals surface area contributed by atoms with Crippen LogP contribution >= 0.6 is 0 Å². The number of halogens is 3. The Kier molecular flexibility index (Phi) is 7.95. The van der Waals surface area contributed by atoms with E-state index in [2.05, 4.69) is 44.9 Å². The molecule has 2 N–H and O–H groups in total. The molecule has 1 amide bonds. The van der Waals surface area contributed by atoms with Crippen molar-refractivity contribution in [3.05, 3.63) is 83.7 Å². The third-order valence-electron chi connectivity index (χ3n) is 5.84. The molecule has 1 aromatic heterocycles. The number of nitrogens with zero attached hydrogens (tertiary/aromatic N) is 4. The molecular weight excluding hydrogens is 481 g/mol. The molecule has 7 nitrogen and oxygen atoms in total. The van der Waals surface area contributed by atoms with Crippen molar-refractivity contribution in [1.82, 2.24) is 10.3 Å². The number of rotatable bonds is 9. The van der Waals surface area contributed by atoms with E-state index >= 15 is 0 Å². The van der Waals surface area contributed by atoms with E-state index in [-0.39, 0.29) is 18.5 Å². The van der Waals surface area contributed by atoms with E-state index in [4.69, 9.17) is 0 Å². The Morgan fingerprint density at radius 2 is 1.65 bits per heavy atom. The molecule has 192 valence electrons. The largest absolute Gasteiger partial charge is 0.416 e. The smallest absolute Gasteiger partial charge is 0.377 e. The standard InChI is InChI=1S/C27H27F3N6O/c1-17(2)13-25(24-12-7-20(14-31-24)26(37)32-15-23-16-33-36-35-23)34-22-10-5-19(6-11-22)18-3-8-21(9-4-18)27(28,29)30/h3-12,14,17,25,34H,13,15-16H2,1-2H3,(H,32,37). The van der Waals surface area contributed by atoms with Gasteiger partial charge in [0.2, 0.25) is 0 Å². The van der Waals surface area contributed by atoms with Crippen LogP contribution in [0.1, 0.15) is 47.9 Å². The molecule has 1 atom stereocenters. The number of carbonyl (C=O) groups excluding carboxylic acids is 1. The fraction of sp³-hybridized carbons (Fsp3) is 0.296. The van der Waals surface area contributed by atoms with Gasteiger partial charge in [0.15, 0.2) is 0 Å². The number of nitrogens with one attached hydrogen (secondary N) is 2. The second kappa shape index (κ2) is 11.3. The van der Waals surface area contributed by atoms with E-state index in [1.54, 1.807) is 12.3 Å². The highest BCUT2D eigenvalue weighted by molar-refractivity contribution is 5.98. The molecule has 4 rings (SSSR count). The van der Waals surface area contributed by atoms with E-state index in [1.165, 1.54) is 12.1 Å². The summed E-state index contributed by atoms with van der Waals surface area (Å²) >= 11 is 0. The van der Waals surface area contributed by atoms with Crippen molar-refractivity contribution in [2.24, 2.45) is 21.4 Å². The molecule has 2 heterocycles. The minimum absolute atomic E-state index is 0.0925. The minimum atomic E-state index is -4.36. The topological polar surface area (TPSA) is 91.1 Å². The lowest BCUT2D eigenvalue weighted by Gasteiger charge is -2.22. The molecule has 1 unspecified atom stereocenters. The number of hydrogen-bond acceptors (Lipinski definition) is 6. The van der Waals surface area contributed by atoms with Gasteiger partial charge < -0.3 is 10.6 Å². The van der Waals surface area contributed by atoms with Crippen molar-refractivity contribution in [2.75, 3.05) is 18.4 Å². The molecule has 0 fully saturated rings. The Hall–Kier alpha value is -4.08. The van der Waals surface area contributed by atoms with Gasteiger partial charge >= 0.3 is 6.18 Å². The van der Waals surface area contributed by atoms with Crippen LogP contribution in [0.5, 0.6) is 0 Å². The molecule has 0 saturated carbocycles. The molecule has 1 aliphatic rings. The van der Waals surface area contributed by atoms with Gasteiger partial charge in [-0.25, -0.2) is 0 Å². The molecule has 0 aliphatic carbocycles. The van der Waals surface area contributed by atoms with Gasteiger partial charge in [0.1, 0.15) is 6.54 Å². The maximum Gasteiger partial charge on any atom is 0.416 e. The molecule has 0 spiro atoms. The Morgan fingerprint density at radius 3 is 2.19 bits per heavy atom. The highest BCUT2D eigenvalue weighted by Crippen LogP contribution is 2.32. The SMILES string of the molecule is CC(C)CC(Nc1ccc(-c2ccc(C(F)(F)F)cc2)cc1)c1ccc(C(=O)NCC2=NN=NC2)cn1. The quantitative estimate of drug-likeness (QED) is 0.345. The average molecular weight is 509 g/mol. The van der Waals surface area contributed by atoms with Gasteiger partial charge in [-0.1, -0.05) is 38.1 Å². The van der Waals surface area contributed by atoms with E-state index in [0.29, 0.717) is 29.3 Å². The number of hydrogen-bond donors (Lipinski definition) is 2. The zero-order chi connectivity index (χ0) is 26.4. The number of carbonyl (C=O) groups is 1. The fourth-order valence-electron chi connectivity index (χ4n) is 3.90. The van der Waals surface area contributed by atoms with E-state index in [0.717, 1.165) is 35.5 Å². The van der Waals surface area contributed by atoms with Gasteiger partial charge in [0.05, 0.1) is 35.1 Å². The lowest BCUT2D eigenvalue weighted by atomic mass is 9.99. The molecule has 37 heavy (non-hydrogen) atoms. The summed E-state index contributed by atoms with van der Waals surface area (Å²) < 4.78 is 38.5. The monoisotopic (exact) mass is 508 g/mol. The van der Waals surface area contributed by atoms with Crippen LogP contribution in [0.2, 0.25) is 0 Å². The first kappa shape index (κ1) is 26.0. The van der Waals surface area contributed by atoms with Crippen LogP contribution < -0.4 is 10.6 Å². The first-order chi connectivity index (χ1) is 17.7. The zero-order valence-corrected chi connectivity index (χ0v) is 20.5. The number of aromatic nitrogens is 1. The maximum absolute atomic E-state index is 12.8. The summed E-state index contributed by atoms with van der Waals surface area (Å²) in [4.78, 5) is 17.0. The molecule has 0 saturated heterocycles. The molecular formula is C27H27F3N6O. The van der Waals surface area contributed by atoms with Crippen LogP contribution in [0.25, 0.3) is 11.1 Å². The summed E-state index contributed by atoms with van der Waals surface area (Å²) in [5.41, 5.74) is 3.66. The molecule has 3 aromatic rings. The average Bonchev–Trinajstić information content (AvgIpc) is 3.41. The van der Waals surface area contributed by atoms with Crippen LogP contribution in [-0.4, -0.2) is 29.7 Å². The normalized spacial score (nSPS) is 13.9. The summed E-state index contributed by atoms with van der Waals surface area (Å²) in [5.74, 6) is 0.137. The summed E-state index contributed by atoms with van der Waals surface area (Å²) in [5, 5.41) is 17.4. The Bertz CT molecular complexity index is 1270. The third kappa shape index (κ3) is 6.99. The number of alkyl halides is 3. The summed E-state index contributed by atoms with van der Waals surface area (Å²) in [6.07, 6.45) is -1.99. The number of benzene rings is 2. The second-order valence-electron chi connectivity index (χ2n) is 9.19. The van der Waals surface area contributed by atoms with Crippen LogP contribution in [0.15, 0.2) is 82.3 Å². The Balaban J connectivity index is 1.42. The number of anilines is 1. The van der Waals surface area contributed by atoms with Crippen molar-refractivity contribution in [3.63, 3.8) is 0 Å². The molecule has 2 aromatic carbocycles. The Labute approximate surface area is 212 Å². The zero-order valence-electron chi connectivity index (χ0n) is 20.5. The predicted octanol–water partition coefficient (Wildman–Crippen LogP) is 6.52. The van der Waals surface area contributed by atoms with E-state index in [1.807, 2.05) is 30.3 Å². The Morgan fingerprint density at radius 1 is 0.973 bits per heavy atom. The minimum Gasteiger partial charge on any atom is -0.377 e. The molecule has 0 radical (unpaired) electrons. The molecule has 0 bridgehead atoms. The summed E-state index contributed by atoms with van der Waals surface area (Å²) in [6.45, 7) is 4.92. The van der Waals surface area contributed by atoms with E-state index in [9.17, 15) is 18.0 Å². The van der Waals surface area contributed by atoms with Crippen molar-refractivity contribution < 1.29 is 18.0 Å². The first-order valence-corrected chi connectivity index (χ1v) is 11.9.